The third-order valence-electron chi connectivity index (χ3n) is 2.96. The number of hydrogen-bond donors (Lipinski definition) is 2. The van der Waals surface area contributed by atoms with Gasteiger partial charge in [-0.05, 0) is 0 Å². The van der Waals surface area contributed by atoms with Gasteiger partial charge in [0.25, 0.3) is 5.91 Å². The highest BCUT2D eigenvalue weighted by Gasteiger charge is 2.20. The van der Waals surface area contributed by atoms with Gasteiger partial charge in [-0.2, -0.15) is 0 Å². The van der Waals surface area contributed by atoms with E-state index < -0.39 is 5.91 Å². The Bertz CT molecular complexity index is 699. The zero-order chi connectivity index (χ0) is 15.0. The molecule has 1 aromatic heterocycles. The maximum atomic E-state index is 12.1. The van der Waals surface area contributed by atoms with E-state index in [4.69, 9.17) is 21.1 Å². The van der Waals surface area contributed by atoms with E-state index in [0.717, 1.165) is 0 Å². The van der Waals surface area contributed by atoms with E-state index in [1.54, 1.807) is 12.1 Å². The minimum atomic E-state index is -0.445. The molecule has 1 aromatic carbocycles. The lowest BCUT2D eigenvalue weighted by Gasteiger charge is -2.06. The molecular weight excluding hydrogens is 296 g/mol. The van der Waals surface area contributed by atoms with Crippen LogP contribution in [-0.4, -0.2) is 27.9 Å². The number of fused-ring (bicyclic) bond motifs is 1. The molecule has 1 amide bonds. The van der Waals surface area contributed by atoms with Crippen molar-refractivity contribution in [3.8, 4) is 11.5 Å². The molecule has 0 saturated carbocycles. The fourth-order valence-electron chi connectivity index (χ4n) is 1.83. The van der Waals surface area contributed by atoms with Crippen LogP contribution in [0.4, 0.5) is 5.69 Å². The smallest absolute Gasteiger partial charge is 0.295 e. The van der Waals surface area contributed by atoms with Crippen LogP contribution in [0, 0.1) is 0 Å². The lowest BCUT2D eigenvalue weighted by atomic mass is 10.2. The standard InChI is InChI=1S/C13H13ClN4O3/c1-6(2)11-16-12(18-17-11)13(19)15-8-4-10-9(3-7(8)14)20-5-21-10/h3-4,6H,5H2,1-2H3,(H,15,19)(H,16,17,18). The molecule has 7 nitrogen and oxygen atoms in total. The second-order valence-corrected chi connectivity index (χ2v) is 5.25. The fourth-order valence-corrected chi connectivity index (χ4v) is 2.03. The summed E-state index contributed by atoms with van der Waals surface area (Å²) in [6, 6.07) is 3.20. The van der Waals surface area contributed by atoms with Crippen LogP contribution >= 0.6 is 11.6 Å². The number of nitrogens with zero attached hydrogens (tertiary/aromatic N) is 2. The first-order chi connectivity index (χ1) is 10.0. The van der Waals surface area contributed by atoms with Gasteiger partial charge >= 0.3 is 0 Å². The maximum absolute atomic E-state index is 12.1. The van der Waals surface area contributed by atoms with Crippen LogP contribution in [0.1, 0.15) is 36.2 Å². The Morgan fingerprint density at radius 1 is 1.38 bits per heavy atom. The molecule has 0 spiro atoms. The number of ether oxygens (including phenoxy) is 2. The van der Waals surface area contributed by atoms with E-state index in [9.17, 15) is 4.79 Å². The third-order valence-corrected chi connectivity index (χ3v) is 3.28. The van der Waals surface area contributed by atoms with Crippen molar-refractivity contribution in [3.05, 3.63) is 28.8 Å². The van der Waals surface area contributed by atoms with Crippen molar-refractivity contribution in [2.24, 2.45) is 0 Å². The Morgan fingerprint density at radius 2 is 2.10 bits per heavy atom. The number of rotatable bonds is 3. The minimum Gasteiger partial charge on any atom is -0.454 e. The monoisotopic (exact) mass is 308 g/mol. The van der Waals surface area contributed by atoms with Crippen LogP contribution in [0.15, 0.2) is 12.1 Å². The molecule has 1 aliphatic rings. The van der Waals surface area contributed by atoms with E-state index in [-0.39, 0.29) is 18.5 Å². The number of H-pyrrole nitrogens is 1. The molecule has 0 radical (unpaired) electrons. The highest BCUT2D eigenvalue weighted by atomic mass is 35.5. The molecule has 110 valence electrons. The number of aromatic amines is 1. The van der Waals surface area contributed by atoms with Gasteiger partial charge in [-0.25, -0.2) is 4.98 Å². The highest BCUT2D eigenvalue weighted by Crippen LogP contribution is 2.39. The molecule has 0 bridgehead atoms. The zero-order valence-electron chi connectivity index (χ0n) is 11.4. The van der Waals surface area contributed by atoms with Crippen LogP contribution in [0.2, 0.25) is 5.02 Å². The molecular formula is C13H13ClN4O3. The van der Waals surface area contributed by atoms with Crippen LogP contribution in [-0.2, 0) is 0 Å². The lowest BCUT2D eigenvalue weighted by Crippen LogP contribution is -2.14. The van der Waals surface area contributed by atoms with Crippen LogP contribution in [0.25, 0.3) is 0 Å². The number of carbonyl (C=O) groups excluding carboxylic acids is 1. The summed E-state index contributed by atoms with van der Waals surface area (Å²) in [4.78, 5) is 16.2. The van der Waals surface area contributed by atoms with Gasteiger partial charge < -0.3 is 14.8 Å². The van der Waals surface area contributed by atoms with Crippen molar-refractivity contribution in [1.82, 2.24) is 15.2 Å². The second-order valence-electron chi connectivity index (χ2n) is 4.84. The molecule has 0 atom stereocenters. The van der Waals surface area contributed by atoms with Gasteiger partial charge in [0.2, 0.25) is 12.6 Å². The van der Waals surface area contributed by atoms with Gasteiger partial charge in [0.05, 0.1) is 10.7 Å². The summed E-state index contributed by atoms with van der Waals surface area (Å²) in [5.41, 5.74) is 0.418. The Labute approximate surface area is 125 Å². The Balaban J connectivity index is 1.81. The minimum absolute atomic E-state index is 0.0624. The van der Waals surface area contributed by atoms with Gasteiger partial charge in [0.1, 0.15) is 5.82 Å². The fraction of sp³-hybridized carbons (Fsp3) is 0.308. The van der Waals surface area contributed by atoms with Crippen molar-refractivity contribution in [2.45, 2.75) is 19.8 Å². The second kappa shape index (κ2) is 5.25. The van der Waals surface area contributed by atoms with E-state index in [0.29, 0.717) is 28.0 Å². The average molecular weight is 309 g/mol. The van der Waals surface area contributed by atoms with E-state index in [1.165, 1.54) is 0 Å². The largest absolute Gasteiger partial charge is 0.454 e. The summed E-state index contributed by atoms with van der Waals surface area (Å²) < 4.78 is 10.5. The zero-order valence-corrected chi connectivity index (χ0v) is 12.2. The van der Waals surface area contributed by atoms with Crippen molar-refractivity contribution in [1.29, 1.82) is 0 Å². The Kier molecular flexibility index (Phi) is 3.42. The van der Waals surface area contributed by atoms with Crippen molar-refractivity contribution in [3.63, 3.8) is 0 Å². The molecule has 2 aromatic rings. The SMILES string of the molecule is CC(C)c1nc(C(=O)Nc2cc3c(cc2Cl)OCO3)n[nH]1. The summed E-state index contributed by atoms with van der Waals surface area (Å²) in [6.45, 7) is 4.05. The molecule has 0 aliphatic carbocycles. The van der Waals surface area contributed by atoms with Crippen molar-refractivity contribution in [2.75, 3.05) is 12.1 Å². The van der Waals surface area contributed by atoms with Gasteiger partial charge in [0, 0.05) is 18.1 Å². The van der Waals surface area contributed by atoms with Crippen LogP contribution in [0.5, 0.6) is 11.5 Å². The van der Waals surface area contributed by atoms with E-state index >= 15 is 0 Å². The predicted octanol–water partition coefficient (Wildman–Crippen LogP) is 2.56. The summed E-state index contributed by atoms with van der Waals surface area (Å²) >= 11 is 6.10. The Morgan fingerprint density at radius 3 is 2.76 bits per heavy atom. The Hall–Kier alpha value is -2.28. The normalized spacial score (nSPS) is 12.8. The molecule has 0 unspecified atom stereocenters. The number of halogens is 1. The summed E-state index contributed by atoms with van der Waals surface area (Å²) in [6.07, 6.45) is 0. The number of hydrogen-bond acceptors (Lipinski definition) is 5. The summed E-state index contributed by atoms with van der Waals surface area (Å²) in [5.74, 6) is 1.52. The number of carbonyl (C=O) groups is 1. The average Bonchev–Trinajstić information content (AvgIpc) is 3.07. The highest BCUT2D eigenvalue weighted by molar-refractivity contribution is 6.34. The quantitative estimate of drug-likeness (QED) is 0.909. The van der Waals surface area contributed by atoms with E-state index in [1.807, 2.05) is 13.8 Å². The van der Waals surface area contributed by atoms with Crippen LogP contribution < -0.4 is 14.8 Å². The van der Waals surface area contributed by atoms with Gasteiger partial charge in [-0.3, -0.25) is 9.89 Å². The third kappa shape index (κ3) is 2.64. The first-order valence-electron chi connectivity index (χ1n) is 6.37. The molecule has 0 saturated heterocycles. The molecule has 3 rings (SSSR count). The van der Waals surface area contributed by atoms with E-state index in [2.05, 4.69) is 20.5 Å². The predicted molar refractivity (Wildman–Crippen MR) is 76.0 cm³/mol. The number of amides is 1. The van der Waals surface area contributed by atoms with Gasteiger partial charge in [-0.15, -0.1) is 5.10 Å². The maximum Gasteiger partial charge on any atom is 0.295 e. The lowest BCUT2D eigenvalue weighted by molar-refractivity contribution is 0.101. The number of nitrogens with one attached hydrogen (secondary N) is 2. The molecule has 8 heteroatoms. The molecule has 2 N–H and O–H groups in total. The first-order valence-corrected chi connectivity index (χ1v) is 6.75. The first kappa shape index (κ1) is 13.7. The summed E-state index contributed by atoms with van der Waals surface area (Å²) in [5, 5.41) is 9.63. The van der Waals surface area contributed by atoms with Crippen LogP contribution in [0.3, 0.4) is 0 Å². The molecule has 1 aliphatic heterocycles. The van der Waals surface area contributed by atoms with Gasteiger partial charge in [-0.1, -0.05) is 25.4 Å². The summed E-state index contributed by atoms with van der Waals surface area (Å²) in [7, 11) is 0. The van der Waals surface area contributed by atoms with Gasteiger partial charge in [0.15, 0.2) is 11.5 Å². The number of benzene rings is 1. The molecule has 2 heterocycles. The van der Waals surface area contributed by atoms with Crippen molar-refractivity contribution < 1.29 is 14.3 Å². The molecule has 0 fully saturated rings. The topological polar surface area (TPSA) is 89.1 Å². The number of aromatic nitrogens is 3. The van der Waals surface area contributed by atoms with Crippen molar-refractivity contribution >= 4 is 23.2 Å². The number of anilines is 1. The molecule has 21 heavy (non-hydrogen) atoms.